The third kappa shape index (κ3) is 2.01. The van der Waals surface area contributed by atoms with Crippen LogP contribution in [0.1, 0.15) is 12.8 Å². The van der Waals surface area contributed by atoms with E-state index in [4.69, 9.17) is 0 Å². The quantitative estimate of drug-likeness (QED) is 0.747. The molecule has 1 aromatic rings. The Balaban J connectivity index is 2.03. The third-order valence-corrected chi connectivity index (χ3v) is 2.73. The van der Waals surface area contributed by atoms with Gasteiger partial charge in [0.2, 0.25) is 0 Å². The number of likely N-dealkylation sites (N-methyl/N-ethyl adjacent to an activating group) is 1. The summed E-state index contributed by atoms with van der Waals surface area (Å²) in [7, 11) is 2.08. The molecule has 0 unspecified atom stereocenters. The molecule has 1 atom stereocenters. The second kappa shape index (κ2) is 4.37. The van der Waals surface area contributed by atoms with Crippen LogP contribution in [0.4, 0.5) is 5.82 Å². The van der Waals surface area contributed by atoms with Crippen LogP contribution in [0, 0.1) is 0 Å². The molecule has 4 nitrogen and oxygen atoms in total. The first-order chi connectivity index (χ1) is 6.88. The lowest BCUT2D eigenvalue weighted by Gasteiger charge is -2.32. The van der Waals surface area contributed by atoms with E-state index in [-0.39, 0.29) is 0 Å². The first-order valence-corrected chi connectivity index (χ1v) is 5.07. The number of piperidine rings is 1. The summed E-state index contributed by atoms with van der Waals surface area (Å²) in [4.78, 5) is 10.6. The minimum Gasteiger partial charge on any atom is -0.354 e. The fourth-order valence-corrected chi connectivity index (χ4v) is 1.82. The smallest absolute Gasteiger partial charge is 0.147 e. The van der Waals surface area contributed by atoms with E-state index in [0.717, 1.165) is 18.9 Å². The molecule has 14 heavy (non-hydrogen) atoms. The van der Waals surface area contributed by atoms with Crippen molar-refractivity contribution in [3.63, 3.8) is 0 Å². The van der Waals surface area contributed by atoms with Gasteiger partial charge in [-0.25, -0.2) is 4.98 Å². The molecular weight excluding hydrogens is 176 g/mol. The van der Waals surface area contributed by atoms with Gasteiger partial charge in [0, 0.05) is 32.0 Å². The highest BCUT2D eigenvalue weighted by atomic mass is 15.2. The van der Waals surface area contributed by atoms with Crippen LogP contribution in [-0.2, 0) is 0 Å². The molecule has 1 N–H and O–H groups in total. The lowest BCUT2D eigenvalue weighted by molar-refractivity contribution is 0.443. The molecule has 1 saturated heterocycles. The monoisotopic (exact) mass is 192 g/mol. The van der Waals surface area contributed by atoms with Gasteiger partial charge in [0.25, 0.3) is 0 Å². The van der Waals surface area contributed by atoms with Gasteiger partial charge >= 0.3 is 0 Å². The van der Waals surface area contributed by atoms with Gasteiger partial charge in [0.15, 0.2) is 0 Å². The van der Waals surface area contributed by atoms with Gasteiger partial charge in [-0.15, -0.1) is 0 Å². The van der Waals surface area contributed by atoms with Crippen LogP contribution >= 0.6 is 0 Å². The number of rotatable bonds is 2. The van der Waals surface area contributed by atoms with Crippen molar-refractivity contribution in [1.29, 1.82) is 0 Å². The molecule has 2 rings (SSSR count). The molecule has 0 spiro atoms. The highest BCUT2D eigenvalue weighted by Gasteiger charge is 2.18. The van der Waals surface area contributed by atoms with E-state index >= 15 is 0 Å². The average Bonchev–Trinajstić information content (AvgIpc) is 2.30. The number of nitrogens with one attached hydrogen (secondary N) is 1. The van der Waals surface area contributed by atoms with Crippen molar-refractivity contribution in [2.75, 3.05) is 25.0 Å². The van der Waals surface area contributed by atoms with Crippen molar-refractivity contribution in [3.05, 3.63) is 18.6 Å². The second-order valence-corrected chi connectivity index (χ2v) is 3.67. The minimum absolute atomic E-state index is 0.556. The Morgan fingerprint density at radius 2 is 2.43 bits per heavy atom. The van der Waals surface area contributed by atoms with E-state index in [1.54, 1.807) is 12.4 Å². The highest BCUT2D eigenvalue weighted by molar-refractivity contribution is 5.35. The fourth-order valence-electron chi connectivity index (χ4n) is 1.82. The topological polar surface area (TPSA) is 41.1 Å². The maximum absolute atomic E-state index is 4.29. The van der Waals surface area contributed by atoms with Crippen LogP contribution in [0.25, 0.3) is 0 Å². The van der Waals surface area contributed by atoms with Gasteiger partial charge in [0.1, 0.15) is 5.82 Å². The summed E-state index contributed by atoms with van der Waals surface area (Å²) in [5.74, 6) is 0.959. The predicted molar refractivity (Wildman–Crippen MR) is 56.3 cm³/mol. The van der Waals surface area contributed by atoms with E-state index in [9.17, 15) is 0 Å². The lowest BCUT2D eigenvalue weighted by Crippen LogP contribution is -2.44. The lowest BCUT2D eigenvalue weighted by atomic mass is 10.1. The van der Waals surface area contributed by atoms with Gasteiger partial charge in [-0.3, -0.25) is 4.98 Å². The summed E-state index contributed by atoms with van der Waals surface area (Å²) >= 11 is 0. The normalized spacial score (nSPS) is 21.9. The maximum Gasteiger partial charge on any atom is 0.147 e. The van der Waals surface area contributed by atoms with Crippen molar-refractivity contribution >= 4 is 5.82 Å². The van der Waals surface area contributed by atoms with Crippen LogP contribution in [0.15, 0.2) is 18.6 Å². The molecule has 2 heterocycles. The molecule has 0 aliphatic carbocycles. The molecule has 1 aromatic heterocycles. The number of nitrogens with zero attached hydrogens (tertiary/aromatic N) is 3. The van der Waals surface area contributed by atoms with Crippen LogP contribution in [0.3, 0.4) is 0 Å². The number of aromatic nitrogens is 2. The predicted octanol–water partition coefficient (Wildman–Crippen LogP) is 0.665. The average molecular weight is 192 g/mol. The van der Waals surface area contributed by atoms with Crippen LogP contribution in [-0.4, -0.2) is 36.1 Å². The SMILES string of the molecule is CN(c1cnccn1)[C@@H]1CCCNC1. The Hall–Kier alpha value is -1.16. The largest absolute Gasteiger partial charge is 0.354 e. The van der Waals surface area contributed by atoms with E-state index < -0.39 is 0 Å². The molecule has 0 aromatic carbocycles. The van der Waals surface area contributed by atoms with Crippen molar-refractivity contribution in [3.8, 4) is 0 Å². The number of anilines is 1. The number of hydrogen-bond acceptors (Lipinski definition) is 4. The first-order valence-electron chi connectivity index (χ1n) is 5.07. The number of hydrogen-bond donors (Lipinski definition) is 1. The Kier molecular flexibility index (Phi) is 2.93. The third-order valence-electron chi connectivity index (χ3n) is 2.73. The minimum atomic E-state index is 0.556. The van der Waals surface area contributed by atoms with Crippen LogP contribution < -0.4 is 10.2 Å². The fraction of sp³-hybridized carbons (Fsp3) is 0.600. The Morgan fingerprint density at radius 3 is 3.07 bits per heavy atom. The zero-order valence-corrected chi connectivity index (χ0v) is 8.48. The van der Waals surface area contributed by atoms with E-state index in [1.807, 2.05) is 6.20 Å². The molecule has 1 aliphatic heterocycles. The summed E-state index contributed by atoms with van der Waals surface area (Å²) in [6.45, 7) is 2.19. The molecule has 0 amide bonds. The molecule has 1 fully saturated rings. The maximum atomic E-state index is 4.29. The standard InChI is InChI=1S/C10H16N4/c1-14(9-3-2-4-11-7-9)10-8-12-5-6-13-10/h5-6,8-9,11H,2-4,7H2,1H3/t9-/m1/s1. The Morgan fingerprint density at radius 1 is 1.50 bits per heavy atom. The summed E-state index contributed by atoms with van der Waals surface area (Å²) in [6.07, 6.45) is 7.74. The molecule has 0 radical (unpaired) electrons. The highest BCUT2D eigenvalue weighted by Crippen LogP contribution is 2.14. The molecule has 0 bridgehead atoms. The Labute approximate surface area is 84.4 Å². The molecule has 0 saturated carbocycles. The first kappa shape index (κ1) is 9.40. The van der Waals surface area contributed by atoms with Crippen molar-refractivity contribution in [2.24, 2.45) is 0 Å². The second-order valence-electron chi connectivity index (χ2n) is 3.67. The zero-order chi connectivity index (χ0) is 9.80. The van der Waals surface area contributed by atoms with Crippen molar-refractivity contribution < 1.29 is 0 Å². The van der Waals surface area contributed by atoms with Crippen molar-refractivity contribution in [1.82, 2.24) is 15.3 Å². The molecule has 4 heteroatoms. The molecular formula is C10H16N4. The van der Waals surface area contributed by atoms with Crippen molar-refractivity contribution in [2.45, 2.75) is 18.9 Å². The van der Waals surface area contributed by atoms with E-state index in [2.05, 4.69) is 27.2 Å². The van der Waals surface area contributed by atoms with Crippen LogP contribution in [0.2, 0.25) is 0 Å². The van der Waals surface area contributed by atoms with E-state index in [1.165, 1.54) is 12.8 Å². The van der Waals surface area contributed by atoms with E-state index in [0.29, 0.717) is 6.04 Å². The van der Waals surface area contributed by atoms with Gasteiger partial charge < -0.3 is 10.2 Å². The Bertz CT molecular complexity index is 269. The summed E-state index contributed by atoms with van der Waals surface area (Å²) < 4.78 is 0. The zero-order valence-electron chi connectivity index (χ0n) is 8.48. The van der Waals surface area contributed by atoms with Gasteiger partial charge in [-0.05, 0) is 19.4 Å². The van der Waals surface area contributed by atoms with Crippen LogP contribution in [0.5, 0.6) is 0 Å². The van der Waals surface area contributed by atoms with Gasteiger partial charge in [0.05, 0.1) is 6.20 Å². The van der Waals surface area contributed by atoms with Gasteiger partial charge in [-0.1, -0.05) is 0 Å². The molecule has 1 aliphatic rings. The molecule has 76 valence electrons. The van der Waals surface area contributed by atoms with Gasteiger partial charge in [-0.2, -0.15) is 0 Å². The summed E-state index contributed by atoms with van der Waals surface area (Å²) in [6, 6.07) is 0.556. The summed E-state index contributed by atoms with van der Waals surface area (Å²) in [5.41, 5.74) is 0. The summed E-state index contributed by atoms with van der Waals surface area (Å²) in [5, 5.41) is 3.40.